The zero-order chi connectivity index (χ0) is 20.5. The molecule has 3 aromatic rings. The third-order valence-electron chi connectivity index (χ3n) is 6.12. The van der Waals surface area contributed by atoms with Crippen LogP contribution in [-0.2, 0) is 0 Å². The van der Waals surface area contributed by atoms with Gasteiger partial charge in [-0.25, -0.2) is 0 Å². The monoisotopic (exact) mass is 402 g/mol. The lowest BCUT2D eigenvalue weighted by Gasteiger charge is -2.29. The van der Waals surface area contributed by atoms with E-state index in [1.54, 1.807) is 12.3 Å². The summed E-state index contributed by atoms with van der Waals surface area (Å²) in [5.41, 5.74) is 3.98. The van der Waals surface area contributed by atoms with Gasteiger partial charge in [0.05, 0.1) is 17.6 Å². The summed E-state index contributed by atoms with van der Waals surface area (Å²) >= 11 is 0. The fraction of sp³-hybridized carbons (Fsp3) is 0.391. The van der Waals surface area contributed by atoms with Crippen molar-refractivity contribution in [3.63, 3.8) is 0 Å². The Morgan fingerprint density at radius 2 is 1.87 bits per heavy atom. The van der Waals surface area contributed by atoms with Gasteiger partial charge >= 0.3 is 0 Å². The molecule has 2 aliphatic rings. The fourth-order valence-electron chi connectivity index (χ4n) is 4.21. The zero-order valence-corrected chi connectivity index (χ0v) is 17.1. The molecule has 30 heavy (non-hydrogen) atoms. The first-order valence-electron chi connectivity index (χ1n) is 10.6. The van der Waals surface area contributed by atoms with Crippen LogP contribution in [0.2, 0.25) is 0 Å². The molecule has 1 atom stereocenters. The van der Waals surface area contributed by atoms with Crippen LogP contribution in [0.4, 0.5) is 5.82 Å². The van der Waals surface area contributed by atoms with Crippen molar-refractivity contribution in [1.29, 1.82) is 0 Å². The summed E-state index contributed by atoms with van der Waals surface area (Å²) < 4.78 is 0. The molecule has 1 aliphatic heterocycles. The molecule has 1 unspecified atom stereocenters. The lowest BCUT2D eigenvalue weighted by atomic mass is 9.92. The molecule has 7 nitrogen and oxygen atoms in total. The van der Waals surface area contributed by atoms with Crippen LogP contribution in [0, 0.1) is 6.92 Å². The predicted octanol–water partition coefficient (Wildman–Crippen LogP) is 3.34. The lowest BCUT2D eigenvalue weighted by Crippen LogP contribution is -2.43. The number of hydrogen-bond donors (Lipinski definition) is 2. The Morgan fingerprint density at radius 1 is 0.967 bits per heavy atom. The molecule has 7 heteroatoms. The summed E-state index contributed by atoms with van der Waals surface area (Å²) in [4.78, 5) is 2.29. The topological polar surface area (TPSA) is 87.1 Å². The number of aromatic nitrogens is 4. The molecule has 0 bridgehead atoms. The van der Waals surface area contributed by atoms with Crippen molar-refractivity contribution >= 4 is 5.82 Å². The highest BCUT2D eigenvalue weighted by atomic mass is 16.3. The highest BCUT2D eigenvalue weighted by molar-refractivity contribution is 5.74. The molecule has 0 spiro atoms. The number of aryl methyl sites for hydroxylation is 1. The van der Waals surface area contributed by atoms with Crippen LogP contribution < -0.4 is 10.2 Å². The van der Waals surface area contributed by atoms with E-state index in [1.807, 2.05) is 37.3 Å². The smallest absolute Gasteiger partial charge is 0.151 e. The van der Waals surface area contributed by atoms with E-state index in [9.17, 15) is 5.11 Å². The number of phenols is 1. The number of nitrogens with zero attached hydrogens (tertiary/aromatic N) is 5. The molecule has 1 aliphatic carbocycles. The Hall–Kier alpha value is -3.06. The first kappa shape index (κ1) is 18.9. The minimum atomic E-state index is 0.176. The molecule has 1 aromatic carbocycles. The zero-order valence-electron chi connectivity index (χ0n) is 17.1. The summed E-state index contributed by atoms with van der Waals surface area (Å²) in [6.45, 7) is 3.87. The minimum Gasteiger partial charge on any atom is -0.507 e. The van der Waals surface area contributed by atoms with Crippen LogP contribution in [0.25, 0.3) is 22.4 Å². The molecule has 0 amide bonds. The van der Waals surface area contributed by atoms with E-state index in [1.165, 1.54) is 19.3 Å². The molecule has 2 aromatic heterocycles. The molecule has 1 saturated carbocycles. The Bertz CT molecular complexity index is 1030. The largest absolute Gasteiger partial charge is 0.507 e. The minimum absolute atomic E-state index is 0.176. The second kappa shape index (κ2) is 7.99. The number of anilines is 1. The SMILES string of the molecule is Cc1cc(-c2ccc(-c3ccc(N4CCC(NC5CCC5)C4)nn3)c(O)c2)cnn1. The molecule has 154 valence electrons. The number of nitrogens with one attached hydrogen (secondary N) is 1. The average Bonchev–Trinajstić information content (AvgIpc) is 3.20. The maximum atomic E-state index is 10.6. The molecule has 2 N–H and O–H groups in total. The van der Waals surface area contributed by atoms with E-state index in [0.717, 1.165) is 42.1 Å². The van der Waals surface area contributed by atoms with Gasteiger partial charge in [0.2, 0.25) is 0 Å². The summed E-state index contributed by atoms with van der Waals surface area (Å²) in [7, 11) is 0. The number of rotatable bonds is 5. The quantitative estimate of drug-likeness (QED) is 0.677. The number of benzene rings is 1. The highest BCUT2D eigenvalue weighted by Crippen LogP contribution is 2.33. The van der Waals surface area contributed by atoms with E-state index in [2.05, 4.69) is 30.6 Å². The van der Waals surface area contributed by atoms with Crippen LogP contribution in [0.5, 0.6) is 5.75 Å². The van der Waals surface area contributed by atoms with Crippen LogP contribution in [-0.4, -0.2) is 50.7 Å². The van der Waals surface area contributed by atoms with Crippen LogP contribution in [0.1, 0.15) is 31.4 Å². The maximum Gasteiger partial charge on any atom is 0.151 e. The molecule has 0 radical (unpaired) electrons. The predicted molar refractivity (Wildman–Crippen MR) is 116 cm³/mol. The van der Waals surface area contributed by atoms with E-state index in [-0.39, 0.29) is 5.75 Å². The Morgan fingerprint density at radius 3 is 2.57 bits per heavy atom. The normalized spacial score (nSPS) is 19.1. The maximum absolute atomic E-state index is 10.6. The average molecular weight is 403 g/mol. The van der Waals surface area contributed by atoms with Crippen molar-refractivity contribution in [1.82, 2.24) is 25.7 Å². The van der Waals surface area contributed by atoms with Crippen molar-refractivity contribution in [2.24, 2.45) is 0 Å². The van der Waals surface area contributed by atoms with Crippen molar-refractivity contribution in [3.8, 4) is 28.1 Å². The van der Waals surface area contributed by atoms with Gasteiger partial charge in [-0.1, -0.05) is 12.5 Å². The van der Waals surface area contributed by atoms with Gasteiger partial charge in [0.15, 0.2) is 5.82 Å². The summed E-state index contributed by atoms with van der Waals surface area (Å²) in [5, 5.41) is 31.1. The van der Waals surface area contributed by atoms with E-state index in [0.29, 0.717) is 23.3 Å². The van der Waals surface area contributed by atoms with Gasteiger partial charge in [-0.2, -0.15) is 10.2 Å². The van der Waals surface area contributed by atoms with Gasteiger partial charge in [0.1, 0.15) is 5.75 Å². The van der Waals surface area contributed by atoms with Gasteiger partial charge in [-0.05, 0) is 62.1 Å². The van der Waals surface area contributed by atoms with E-state index < -0.39 is 0 Å². The molecule has 2 fully saturated rings. The van der Waals surface area contributed by atoms with Gasteiger partial charge in [0, 0.05) is 36.3 Å². The summed E-state index contributed by atoms with van der Waals surface area (Å²) in [6.07, 6.45) is 6.81. The van der Waals surface area contributed by atoms with Crippen molar-refractivity contribution < 1.29 is 5.11 Å². The second-order valence-electron chi connectivity index (χ2n) is 8.32. The van der Waals surface area contributed by atoms with Crippen molar-refractivity contribution in [3.05, 3.63) is 48.3 Å². The number of hydrogen-bond acceptors (Lipinski definition) is 7. The lowest BCUT2D eigenvalue weighted by molar-refractivity contribution is 0.311. The first-order valence-corrected chi connectivity index (χ1v) is 10.6. The molecule has 5 rings (SSSR count). The van der Waals surface area contributed by atoms with E-state index in [4.69, 9.17) is 0 Å². The summed E-state index contributed by atoms with van der Waals surface area (Å²) in [5.74, 6) is 1.07. The fourth-order valence-corrected chi connectivity index (χ4v) is 4.21. The Balaban J connectivity index is 1.29. The van der Waals surface area contributed by atoms with Gasteiger partial charge in [0.25, 0.3) is 0 Å². The van der Waals surface area contributed by atoms with Gasteiger partial charge in [-0.3, -0.25) is 0 Å². The molecular formula is C23H26N6O. The number of phenolic OH excluding ortho intramolecular Hbond substituents is 1. The van der Waals surface area contributed by atoms with Gasteiger partial charge < -0.3 is 15.3 Å². The molecular weight excluding hydrogens is 376 g/mol. The second-order valence-corrected chi connectivity index (χ2v) is 8.32. The highest BCUT2D eigenvalue weighted by Gasteiger charge is 2.27. The van der Waals surface area contributed by atoms with Crippen LogP contribution >= 0.6 is 0 Å². The third-order valence-corrected chi connectivity index (χ3v) is 6.12. The Kier molecular flexibility index (Phi) is 5.04. The Labute approximate surface area is 176 Å². The van der Waals surface area contributed by atoms with Crippen molar-refractivity contribution in [2.75, 3.05) is 18.0 Å². The third kappa shape index (κ3) is 3.85. The van der Waals surface area contributed by atoms with Crippen LogP contribution in [0.15, 0.2) is 42.6 Å². The molecule has 3 heterocycles. The van der Waals surface area contributed by atoms with Gasteiger partial charge in [-0.15, -0.1) is 10.2 Å². The molecule has 1 saturated heterocycles. The first-order chi connectivity index (χ1) is 14.7. The van der Waals surface area contributed by atoms with Crippen LogP contribution in [0.3, 0.4) is 0 Å². The standard InChI is InChI=1S/C23H26N6O/c1-15-11-17(13-24-26-15)16-5-6-20(22(30)12-16)21-7-8-23(28-27-21)29-10-9-19(14-29)25-18-3-2-4-18/h5-8,11-13,18-19,25,30H,2-4,9-10,14H2,1H3. The van der Waals surface area contributed by atoms with Crippen molar-refractivity contribution in [2.45, 2.75) is 44.7 Å². The van der Waals surface area contributed by atoms with E-state index >= 15 is 0 Å². The number of aromatic hydroxyl groups is 1. The summed E-state index contributed by atoms with van der Waals surface area (Å²) in [6, 6.07) is 12.7.